The van der Waals surface area contributed by atoms with Gasteiger partial charge in [0.05, 0.1) is 0 Å². The van der Waals surface area contributed by atoms with Crippen LogP contribution in [0.15, 0.2) is 46.2 Å². The fraction of sp³-hybridized carbons (Fsp3) is 0.200. The molecular formula is C15H14FNOS. The van der Waals surface area contributed by atoms with Crippen molar-refractivity contribution in [1.29, 1.82) is 0 Å². The topological polar surface area (TPSA) is 25.2 Å². The van der Waals surface area contributed by atoms with Gasteiger partial charge in [0.2, 0.25) is 0 Å². The van der Waals surface area contributed by atoms with E-state index in [1.807, 2.05) is 17.5 Å². The summed E-state index contributed by atoms with van der Waals surface area (Å²) in [5.74, 6) is 0.584. The smallest absolute Gasteiger partial charge is 0.134 e. The van der Waals surface area contributed by atoms with Crippen molar-refractivity contribution in [1.82, 2.24) is 5.32 Å². The van der Waals surface area contributed by atoms with E-state index in [2.05, 4.69) is 18.3 Å². The average molecular weight is 275 g/mol. The van der Waals surface area contributed by atoms with Gasteiger partial charge in [0.25, 0.3) is 0 Å². The number of fused-ring (bicyclic) bond motifs is 1. The van der Waals surface area contributed by atoms with E-state index in [0.717, 1.165) is 23.3 Å². The van der Waals surface area contributed by atoms with E-state index in [0.29, 0.717) is 0 Å². The molecule has 0 fully saturated rings. The fourth-order valence-corrected chi connectivity index (χ4v) is 2.99. The number of benzene rings is 1. The van der Waals surface area contributed by atoms with Crippen molar-refractivity contribution in [3.05, 3.63) is 58.2 Å². The van der Waals surface area contributed by atoms with Crippen molar-refractivity contribution in [3.63, 3.8) is 0 Å². The molecular weight excluding hydrogens is 261 g/mol. The zero-order chi connectivity index (χ0) is 13.2. The number of hydrogen-bond acceptors (Lipinski definition) is 3. The molecule has 3 rings (SSSR count). The van der Waals surface area contributed by atoms with Gasteiger partial charge in [0.15, 0.2) is 0 Å². The van der Waals surface area contributed by atoms with Gasteiger partial charge >= 0.3 is 0 Å². The van der Waals surface area contributed by atoms with Gasteiger partial charge in [-0.2, -0.15) is 0 Å². The maximum absolute atomic E-state index is 13.2. The van der Waals surface area contributed by atoms with Crippen LogP contribution in [0.1, 0.15) is 23.6 Å². The number of hydrogen-bond donors (Lipinski definition) is 1. The van der Waals surface area contributed by atoms with Gasteiger partial charge in [-0.3, -0.25) is 0 Å². The minimum Gasteiger partial charge on any atom is -0.459 e. The lowest BCUT2D eigenvalue weighted by molar-refractivity contribution is 0.481. The Morgan fingerprint density at radius 3 is 2.95 bits per heavy atom. The molecule has 0 spiro atoms. The van der Waals surface area contributed by atoms with E-state index in [4.69, 9.17) is 4.42 Å². The monoisotopic (exact) mass is 275 g/mol. The Hall–Kier alpha value is -1.65. The van der Waals surface area contributed by atoms with Crippen molar-refractivity contribution in [2.75, 3.05) is 6.54 Å². The molecule has 1 unspecified atom stereocenters. The van der Waals surface area contributed by atoms with Crippen LogP contribution in [0.3, 0.4) is 0 Å². The number of nitrogens with one attached hydrogen (secondary N) is 1. The van der Waals surface area contributed by atoms with E-state index in [-0.39, 0.29) is 11.9 Å². The summed E-state index contributed by atoms with van der Waals surface area (Å²) in [6, 6.07) is 10.6. The first-order chi connectivity index (χ1) is 9.28. The largest absolute Gasteiger partial charge is 0.459 e. The van der Waals surface area contributed by atoms with Crippen molar-refractivity contribution in [2.45, 2.75) is 13.0 Å². The summed E-state index contributed by atoms with van der Waals surface area (Å²) in [5.41, 5.74) is 0.718. The van der Waals surface area contributed by atoms with Crippen LogP contribution in [0.5, 0.6) is 0 Å². The van der Waals surface area contributed by atoms with E-state index >= 15 is 0 Å². The molecule has 19 heavy (non-hydrogen) atoms. The molecule has 1 atom stereocenters. The van der Waals surface area contributed by atoms with Crippen LogP contribution in [0.25, 0.3) is 11.0 Å². The van der Waals surface area contributed by atoms with Crippen LogP contribution in [0.2, 0.25) is 0 Å². The minimum atomic E-state index is -0.240. The first kappa shape index (κ1) is 12.4. The second-order valence-electron chi connectivity index (χ2n) is 4.34. The Morgan fingerprint density at radius 1 is 1.32 bits per heavy atom. The summed E-state index contributed by atoms with van der Waals surface area (Å²) in [5, 5.41) is 6.24. The summed E-state index contributed by atoms with van der Waals surface area (Å²) in [7, 11) is 0. The molecule has 1 N–H and O–H groups in total. The molecule has 0 bridgehead atoms. The standard InChI is InChI=1S/C15H14FNOS/c1-2-17-15(14-4-3-7-19-14)13-9-10-8-11(16)5-6-12(10)18-13/h3-9,15,17H,2H2,1H3. The number of furan rings is 1. The summed E-state index contributed by atoms with van der Waals surface area (Å²) < 4.78 is 19.1. The van der Waals surface area contributed by atoms with Gasteiger partial charge < -0.3 is 9.73 Å². The first-order valence-electron chi connectivity index (χ1n) is 6.23. The van der Waals surface area contributed by atoms with E-state index in [1.165, 1.54) is 17.0 Å². The molecule has 0 aliphatic carbocycles. The Kier molecular flexibility index (Phi) is 3.36. The van der Waals surface area contributed by atoms with Gasteiger partial charge in [0, 0.05) is 10.3 Å². The quantitative estimate of drug-likeness (QED) is 0.766. The maximum atomic E-state index is 13.2. The molecule has 2 heterocycles. The Labute approximate surface area is 114 Å². The molecule has 2 aromatic heterocycles. The summed E-state index contributed by atoms with van der Waals surface area (Å²) >= 11 is 1.68. The van der Waals surface area contributed by atoms with Crippen molar-refractivity contribution in [2.24, 2.45) is 0 Å². The van der Waals surface area contributed by atoms with Gasteiger partial charge in [-0.05, 0) is 42.3 Å². The highest BCUT2D eigenvalue weighted by Gasteiger charge is 2.18. The molecule has 1 aromatic carbocycles. The number of thiophene rings is 1. The second-order valence-corrected chi connectivity index (χ2v) is 5.32. The minimum absolute atomic E-state index is 0.0282. The Morgan fingerprint density at radius 2 is 2.21 bits per heavy atom. The average Bonchev–Trinajstić information content (AvgIpc) is 3.04. The molecule has 0 saturated heterocycles. The molecule has 98 valence electrons. The maximum Gasteiger partial charge on any atom is 0.134 e. The zero-order valence-corrected chi connectivity index (χ0v) is 11.3. The van der Waals surface area contributed by atoms with E-state index in [1.54, 1.807) is 17.4 Å². The predicted octanol–water partition coefficient (Wildman–Crippen LogP) is 4.33. The summed E-state index contributed by atoms with van der Waals surface area (Å²) in [6.07, 6.45) is 0. The van der Waals surface area contributed by atoms with Gasteiger partial charge in [-0.25, -0.2) is 4.39 Å². The molecule has 0 aliphatic rings. The van der Waals surface area contributed by atoms with Crippen molar-refractivity contribution in [3.8, 4) is 0 Å². The van der Waals surface area contributed by atoms with E-state index in [9.17, 15) is 4.39 Å². The van der Waals surface area contributed by atoms with Crippen LogP contribution in [0.4, 0.5) is 4.39 Å². The third-order valence-corrected chi connectivity index (χ3v) is 3.96. The van der Waals surface area contributed by atoms with Crippen LogP contribution in [0, 0.1) is 5.82 Å². The Bertz CT molecular complexity index is 675. The lowest BCUT2D eigenvalue weighted by Crippen LogP contribution is -2.20. The van der Waals surface area contributed by atoms with Gasteiger partial charge in [-0.1, -0.05) is 13.0 Å². The molecule has 0 aliphatic heterocycles. The lowest BCUT2D eigenvalue weighted by atomic mass is 10.1. The van der Waals surface area contributed by atoms with Crippen LogP contribution >= 0.6 is 11.3 Å². The normalized spacial score (nSPS) is 12.9. The molecule has 0 amide bonds. The fourth-order valence-electron chi connectivity index (χ4n) is 2.18. The first-order valence-corrected chi connectivity index (χ1v) is 7.11. The highest BCUT2D eigenvalue weighted by molar-refractivity contribution is 7.10. The van der Waals surface area contributed by atoms with Crippen LogP contribution < -0.4 is 5.32 Å². The van der Waals surface area contributed by atoms with E-state index < -0.39 is 0 Å². The summed E-state index contributed by atoms with van der Waals surface area (Å²) in [6.45, 7) is 2.90. The second kappa shape index (κ2) is 5.15. The van der Waals surface area contributed by atoms with Gasteiger partial charge in [-0.15, -0.1) is 11.3 Å². The number of halogens is 1. The van der Waals surface area contributed by atoms with Crippen molar-refractivity contribution < 1.29 is 8.81 Å². The molecule has 0 saturated carbocycles. The zero-order valence-electron chi connectivity index (χ0n) is 10.5. The number of rotatable bonds is 4. The third-order valence-electron chi connectivity index (χ3n) is 3.02. The molecule has 3 aromatic rings. The third kappa shape index (κ3) is 2.41. The highest BCUT2D eigenvalue weighted by atomic mass is 32.1. The summed E-state index contributed by atoms with van der Waals surface area (Å²) in [4.78, 5) is 1.20. The van der Waals surface area contributed by atoms with Crippen LogP contribution in [-0.2, 0) is 0 Å². The molecule has 0 radical (unpaired) electrons. The highest BCUT2D eigenvalue weighted by Crippen LogP contribution is 2.30. The lowest BCUT2D eigenvalue weighted by Gasteiger charge is -2.13. The SMILES string of the molecule is CCNC(c1cc2cc(F)ccc2o1)c1cccs1. The van der Waals surface area contributed by atoms with Crippen molar-refractivity contribution >= 4 is 22.3 Å². The van der Waals surface area contributed by atoms with Crippen LogP contribution in [-0.4, -0.2) is 6.54 Å². The van der Waals surface area contributed by atoms with Gasteiger partial charge in [0.1, 0.15) is 23.2 Å². The predicted molar refractivity (Wildman–Crippen MR) is 76.0 cm³/mol. The molecule has 4 heteroatoms. The molecule has 2 nitrogen and oxygen atoms in total. The Balaban J connectivity index is 2.05.